The lowest BCUT2D eigenvalue weighted by atomic mass is 9.85. The summed E-state index contributed by atoms with van der Waals surface area (Å²) in [4.78, 5) is 2.66. The molecule has 1 heteroatoms. The third kappa shape index (κ3) is 10.3. The molecule has 0 spiro atoms. The van der Waals surface area contributed by atoms with Crippen LogP contribution in [0.2, 0.25) is 0 Å². The van der Waals surface area contributed by atoms with Gasteiger partial charge in [0.1, 0.15) is 0 Å². The quantitative estimate of drug-likeness (QED) is 0.354. The Hall–Kier alpha value is -0.0400. The molecule has 126 valence electrons. The predicted molar refractivity (Wildman–Crippen MR) is 95.9 cm³/mol. The zero-order valence-corrected chi connectivity index (χ0v) is 15.0. The molecule has 21 heavy (non-hydrogen) atoms. The molecule has 1 aliphatic rings. The van der Waals surface area contributed by atoms with Crippen molar-refractivity contribution in [3.8, 4) is 0 Å². The first-order valence-electron chi connectivity index (χ1n) is 10.1. The maximum atomic E-state index is 2.66. The Bertz CT molecular complexity index is 202. The van der Waals surface area contributed by atoms with Gasteiger partial charge in [-0.3, -0.25) is 0 Å². The van der Waals surface area contributed by atoms with Crippen LogP contribution in [0.15, 0.2) is 0 Å². The lowest BCUT2D eigenvalue weighted by Crippen LogP contribution is -2.26. The summed E-state index contributed by atoms with van der Waals surface area (Å²) in [5.74, 6) is 1.09. The van der Waals surface area contributed by atoms with E-state index >= 15 is 0 Å². The molecule has 0 saturated heterocycles. The van der Waals surface area contributed by atoms with Crippen molar-refractivity contribution in [1.29, 1.82) is 0 Å². The molecule has 0 radical (unpaired) electrons. The summed E-state index contributed by atoms with van der Waals surface area (Å²) in [6.45, 7) is 8.54. The fourth-order valence-electron chi connectivity index (χ4n) is 3.92. The van der Waals surface area contributed by atoms with Gasteiger partial charge in [0.05, 0.1) is 0 Å². The van der Waals surface area contributed by atoms with E-state index in [-0.39, 0.29) is 0 Å². The van der Waals surface area contributed by atoms with E-state index < -0.39 is 0 Å². The van der Waals surface area contributed by atoms with Crippen molar-refractivity contribution in [1.82, 2.24) is 4.90 Å². The summed E-state index contributed by atoms with van der Waals surface area (Å²) in [7, 11) is 0. The van der Waals surface area contributed by atoms with Gasteiger partial charge in [-0.05, 0) is 44.8 Å². The van der Waals surface area contributed by atoms with Gasteiger partial charge in [0.25, 0.3) is 0 Å². The van der Waals surface area contributed by atoms with E-state index in [0.717, 1.165) is 5.92 Å². The number of hydrogen-bond acceptors (Lipinski definition) is 1. The monoisotopic (exact) mass is 295 g/mol. The standard InChI is InChI=1S/C20H41N/c1-3-17-21(18-4-2)19-13-8-6-5-7-10-14-20-15-11-9-12-16-20/h20H,3-19H2,1-2H3. The van der Waals surface area contributed by atoms with Crippen LogP contribution in [0.5, 0.6) is 0 Å². The normalized spacial score (nSPS) is 16.7. The summed E-state index contributed by atoms with van der Waals surface area (Å²) < 4.78 is 0. The van der Waals surface area contributed by atoms with Crippen molar-refractivity contribution in [2.75, 3.05) is 19.6 Å². The molecule has 0 amide bonds. The van der Waals surface area contributed by atoms with E-state index in [2.05, 4.69) is 18.7 Å². The highest BCUT2D eigenvalue weighted by atomic mass is 15.1. The fourth-order valence-corrected chi connectivity index (χ4v) is 3.92. The fraction of sp³-hybridized carbons (Fsp3) is 1.00. The Balaban J connectivity index is 1.85. The van der Waals surface area contributed by atoms with E-state index in [9.17, 15) is 0 Å². The van der Waals surface area contributed by atoms with Crippen molar-refractivity contribution < 1.29 is 0 Å². The minimum absolute atomic E-state index is 1.09. The van der Waals surface area contributed by atoms with Crippen LogP contribution in [0.25, 0.3) is 0 Å². The number of unbranched alkanes of at least 4 members (excludes halogenated alkanes) is 5. The molecule has 0 heterocycles. The van der Waals surface area contributed by atoms with Gasteiger partial charge < -0.3 is 4.90 Å². The minimum atomic E-state index is 1.09. The second kappa shape index (κ2) is 13.6. The van der Waals surface area contributed by atoms with Gasteiger partial charge in [0.15, 0.2) is 0 Å². The Kier molecular flexibility index (Phi) is 12.3. The third-order valence-corrected chi connectivity index (χ3v) is 5.14. The van der Waals surface area contributed by atoms with Gasteiger partial charge in [-0.15, -0.1) is 0 Å². The van der Waals surface area contributed by atoms with E-state index in [1.807, 2.05) is 0 Å². The highest BCUT2D eigenvalue weighted by Gasteiger charge is 2.12. The van der Waals surface area contributed by atoms with Crippen LogP contribution in [0.4, 0.5) is 0 Å². The first-order chi connectivity index (χ1) is 10.4. The SMILES string of the molecule is CCCN(CCC)CCCCCCCCC1CCCCC1. The van der Waals surface area contributed by atoms with Crippen molar-refractivity contribution in [3.63, 3.8) is 0 Å². The third-order valence-electron chi connectivity index (χ3n) is 5.14. The smallest absolute Gasteiger partial charge is 0.00187 e. The average molecular weight is 296 g/mol. The number of nitrogens with zero attached hydrogens (tertiary/aromatic N) is 1. The summed E-state index contributed by atoms with van der Waals surface area (Å²) >= 11 is 0. The molecule has 0 unspecified atom stereocenters. The molecule has 0 N–H and O–H groups in total. The van der Waals surface area contributed by atoms with Crippen molar-refractivity contribution >= 4 is 0 Å². The maximum absolute atomic E-state index is 2.66. The molecular formula is C20H41N. The summed E-state index contributed by atoms with van der Waals surface area (Å²) in [5.41, 5.74) is 0. The molecule has 1 rings (SSSR count). The van der Waals surface area contributed by atoms with E-state index in [4.69, 9.17) is 0 Å². The van der Waals surface area contributed by atoms with E-state index in [1.54, 1.807) is 0 Å². The second-order valence-corrected chi connectivity index (χ2v) is 7.26. The number of rotatable bonds is 13. The van der Waals surface area contributed by atoms with Crippen LogP contribution in [0.1, 0.15) is 104 Å². The molecule has 1 aliphatic carbocycles. The highest BCUT2D eigenvalue weighted by molar-refractivity contribution is 4.65. The molecule has 0 aliphatic heterocycles. The number of hydrogen-bond donors (Lipinski definition) is 0. The Morgan fingerprint density at radius 2 is 1.24 bits per heavy atom. The van der Waals surface area contributed by atoms with Gasteiger partial charge >= 0.3 is 0 Å². The molecular weight excluding hydrogens is 254 g/mol. The van der Waals surface area contributed by atoms with Crippen molar-refractivity contribution in [2.24, 2.45) is 5.92 Å². The highest BCUT2D eigenvalue weighted by Crippen LogP contribution is 2.28. The Labute approximate surface area is 134 Å². The molecule has 0 aromatic rings. The minimum Gasteiger partial charge on any atom is -0.303 e. The van der Waals surface area contributed by atoms with Crippen LogP contribution in [-0.2, 0) is 0 Å². The van der Waals surface area contributed by atoms with Crippen LogP contribution in [0.3, 0.4) is 0 Å². The summed E-state index contributed by atoms with van der Waals surface area (Å²) in [5, 5.41) is 0. The van der Waals surface area contributed by atoms with Gasteiger partial charge in [-0.1, -0.05) is 84.5 Å². The average Bonchev–Trinajstić information content (AvgIpc) is 2.51. The zero-order chi connectivity index (χ0) is 15.2. The van der Waals surface area contributed by atoms with Crippen LogP contribution >= 0.6 is 0 Å². The Morgan fingerprint density at radius 3 is 1.86 bits per heavy atom. The molecule has 1 saturated carbocycles. The van der Waals surface area contributed by atoms with Crippen LogP contribution < -0.4 is 0 Å². The molecule has 0 aromatic heterocycles. The van der Waals surface area contributed by atoms with Gasteiger partial charge in [-0.2, -0.15) is 0 Å². The maximum Gasteiger partial charge on any atom is -0.00187 e. The van der Waals surface area contributed by atoms with Gasteiger partial charge in [0, 0.05) is 0 Å². The lowest BCUT2D eigenvalue weighted by Gasteiger charge is -2.21. The Morgan fingerprint density at radius 1 is 0.667 bits per heavy atom. The van der Waals surface area contributed by atoms with Crippen molar-refractivity contribution in [3.05, 3.63) is 0 Å². The first-order valence-corrected chi connectivity index (χ1v) is 10.1. The second-order valence-electron chi connectivity index (χ2n) is 7.26. The summed E-state index contributed by atoms with van der Waals surface area (Å²) in [6, 6.07) is 0. The zero-order valence-electron chi connectivity index (χ0n) is 15.0. The molecule has 0 atom stereocenters. The lowest BCUT2D eigenvalue weighted by molar-refractivity contribution is 0.267. The topological polar surface area (TPSA) is 3.24 Å². The van der Waals surface area contributed by atoms with Crippen molar-refractivity contribution in [2.45, 2.75) is 104 Å². The first kappa shape index (κ1) is 19.0. The molecule has 0 aromatic carbocycles. The van der Waals surface area contributed by atoms with E-state index in [0.29, 0.717) is 0 Å². The largest absolute Gasteiger partial charge is 0.303 e. The predicted octanol–water partition coefficient (Wildman–Crippen LogP) is 6.42. The van der Waals surface area contributed by atoms with Gasteiger partial charge in [-0.25, -0.2) is 0 Å². The van der Waals surface area contributed by atoms with Gasteiger partial charge in [0.2, 0.25) is 0 Å². The van der Waals surface area contributed by atoms with Crippen LogP contribution in [-0.4, -0.2) is 24.5 Å². The molecule has 1 fully saturated rings. The molecule has 1 nitrogen and oxygen atoms in total. The molecule has 0 bridgehead atoms. The summed E-state index contributed by atoms with van der Waals surface area (Å²) in [6.07, 6.45) is 20.5. The van der Waals surface area contributed by atoms with E-state index in [1.165, 1.54) is 110 Å². The van der Waals surface area contributed by atoms with Crippen LogP contribution in [0, 0.1) is 5.92 Å².